The Bertz CT molecular complexity index is 751. The van der Waals surface area contributed by atoms with Gasteiger partial charge in [0.05, 0.1) is 31.7 Å². The molecule has 2 aromatic heterocycles. The molecule has 2 fully saturated rings. The van der Waals surface area contributed by atoms with Crippen molar-refractivity contribution in [3.8, 4) is 0 Å². The number of hydrogen-bond donors (Lipinski definition) is 5. The zero-order valence-corrected chi connectivity index (χ0v) is 11.7. The molecule has 2 aliphatic carbocycles. The quantitative estimate of drug-likeness (QED) is 0.439. The lowest BCUT2D eigenvalue weighted by atomic mass is 9.88. The number of anilines is 1. The van der Waals surface area contributed by atoms with E-state index < -0.39 is 29.8 Å². The molecule has 4 rings (SSSR count). The Morgan fingerprint density at radius 2 is 2.05 bits per heavy atom. The number of nitrogens with zero attached hydrogens (tertiary/aromatic N) is 4. The molecule has 118 valence electrons. The number of imidazole rings is 1. The van der Waals surface area contributed by atoms with E-state index >= 15 is 0 Å². The van der Waals surface area contributed by atoms with E-state index in [9.17, 15) is 20.4 Å². The summed E-state index contributed by atoms with van der Waals surface area (Å²) in [5.74, 6) is 0.0530. The van der Waals surface area contributed by atoms with Crippen LogP contribution in [0.25, 0.3) is 11.2 Å². The second-order valence-corrected chi connectivity index (χ2v) is 6.28. The molecule has 2 aliphatic rings. The lowest BCUT2D eigenvalue weighted by Crippen LogP contribution is -2.52. The van der Waals surface area contributed by atoms with E-state index in [0.717, 1.165) is 0 Å². The minimum Gasteiger partial charge on any atom is -0.396 e. The highest BCUT2D eigenvalue weighted by atomic mass is 16.4. The largest absolute Gasteiger partial charge is 0.396 e. The Labute approximate surface area is 125 Å². The third kappa shape index (κ3) is 1.39. The zero-order chi connectivity index (χ0) is 15.7. The Morgan fingerprint density at radius 1 is 1.27 bits per heavy atom. The van der Waals surface area contributed by atoms with Crippen LogP contribution in [0.3, 0.4) is 0 Å². The summed E-state index contributed by atoms with van der Waals surface area (Å²) >= 11 is 0. The summed E-state index contributed by atoms with van der Waals surface area (Å²) in [5.41, 5.74) is 4.05. The van der Waals surface area contributed by atoms with Gasteiger partial charge in [0.1, 0.15) is 17.4 Å². The average molecular weight is 307 g/mol. The molecule has 6 N–H and O–H groups in total. The summed E-state index contributed by atoms with van der Waals surface area (Å²) in [4.78, 5) is 12.2. The van der Waals surface area contributed by atoms with E-state index in [1.54, 1.807) is 4.57 Å². The highest BCUT2D eigenvalue weighted by molar-refractivity contribution is 5.81. The molecule has 0 amide bonds. The summed E-state index contributed by atoms with van der Waals surface area (Å²) < 4.78 is 1.61. The zero-order valence-electron chi connectivity index (χ0n) is 11.7. The van der Waals surface area contributed by atoms with Gasteiger partial charge < -0.3 is 30.7 Å². The Hall–Kier alpha value is -1.81. The summed E-state index contributed by atoms with van der Waals surface area (Å²) in [6, 6.07) is -0.640. The molecular weight excluding hydrogens is 290 g/mol. The van der Waals surface area contributed by atoms with Crippen LogP contribution < -0.4 is 5.73 Å². The molecule has 9 nitrogen and oxygen atoms in total. The second-order valence-electron chi connectivity index (χ2n) is 6.28. The van der Waals surface area contributed by atoms with Gasteiger partial charge in [-0.15, -0.1) is 0 Å². The van der Waals surface area contributed by atoms with Crippen LogP contribution in [0.1, 0.15) is 12.5 Å². The number of fused-ring (bicyclic) bond motifs is 2. The van der Waals surface area contributed by atoms with Crippen molar-refractivity contribution in [1.29, 1.82) is 0 Å². The molecule has 0 radical (unpaired) electrons. The molecule has 22 heavy (non-hydrogen) atoms. The van der Waals surface area contributed by atoms with Gasteiger partial charge in [0.15, 0.2) is 11.5 Å². The van der Waals surface area contributed by atoms with Gasteiger partial charge in [-0.2, -0.15) is 0 Å². The molecule has 0 aromatic carbocycles. The standard InChI is InChI=1S/C13H17N5O4/c14-9-7-10(16-4-15-9)18(5-17-7)8-6-1-12(6,2-19)11(21)13(8,22)3-20/h4-6,8,11,19-22H,1-3H2,(H2,14,15,16)/t6?,8-,11-,12-,13+/m1/s1. The first kappa shape index (κ1) is 13.8. The SMILES string of the molecule is Nc1ncnc2c1ncn2[C@@H]1C2C[C@]2(CO)[C@@H](O)[C@]1(O)CO. The maximum atomic E-state index is 10.8. The monoisotopic (exact) mass is 307 g/mol. The van der Waals surface area contributed by atoms with Crippen molar-refractivity contribution in [3.63, 3.8) is 0 Å². The maximum absolute atomic E-state index is 10.8. The van der Waals surface area contributed by atoms with Crippen LogP contribution in [0.4, 0.5) is 5.82 Å². The van der Waals surface area contributed by atoms with E-state index in [0.29, 0.717) is 17.6 Å². The van der Waals surface area contributed by atoms with Gasteiger partial charge in [-0.25, -0.2) is 15.0 Å². The smallest absolute Gasteiger partial charge is 0.165 e. The highest BCUT2D eigenvalue weighted by Gasteiger charge is 2.76. The summed E-state index contributed by atoms with van der Waals surface area (Å²) in [5, 5.41) is 40.5. The Balaban J connectivity index is 1.89. The molecule has 1 unspecified atom stereocenters. The summed E-state index contributed by atoms with van der Waals surface area (Å²) in [6.45, 7) is -0.876. The van der Waals surface area contributed by atoms with E-state index in [1.165, 1.54) is 12.7 Å². The molecule has 0 saturated heterocycles. The highest BCUT2D eigenvalue weighted by Crippen LogP contribution is 2.70. The molecule has 0 aliphatic heterocycles. The molecule has 0 spiro atoms. The predicted octanol–water partition coefficient (Wildman–Crippen LogP) is -1.95. The maximum Gasteiger partial charge on any atom is 0.165 e. The second kappa shape index (κ2) is 4.13. The molecule has 2 aromatic rings. The van der Waals surface area contributed by atoms with E-state index in [2.05, 4.69) is 15.0 Å². The van der Waals surface area contributed by atoms with Crippen LogP contribution in [0.2, 0.25) is 0 Å². The van der Waals surface area contributed by atoms with E-state index in [-0.39, 0.29) is 18.3 Å². The third-order valence-corrected chi connectivity index (χ3v) is 5.32. The Kier molecular flexibility index (Phi) is 2.60. The van der Waals surface area contributed by atoms with Gasteiger partial charge in [0.2, 0.25) is 0 Å². The van der Waals surface area contributed by atoms with Gasteiger partial charge in [0, 0.05) is 5.41 Å². The van der Waals surface area contributed by atoms with Crippen LogP contribution in [0.15, 0.2) is 12.7 Å². The number of aliphatic hydroxyl groups is 4. The van der Waals surface area contributed by atoms with Gasteiger partial charge >= 0.3 is 0 Å². The number of nitrogens with two attached hydrogens (primary N) is 1. The number of aromatic nitrogens is 4. The number of nitrogen functional groups attached to an aromatic ring is 1. The predicted molar refractivity (Wildman–Crippen MR) is 74.4 cm³/mol. The number of rotatable bonds is 3. The van der Waals surface area contributed by atoms with Crippen molar-refractivity contribution in [1.82, 2.24) is 19.5 Å². The fraction of sp³-hybridized carbons (Fsp3) is 0.615. The molecular formula is C13H17N5O4. The molecule has 2 saturated carbocycles. The first-order chi connectivity index (χ1) is 10.5. The van der Waals surface area contributed by atoms with Crippen LogP contribution in [0.5, 0.6) is 0 Å². The number of hydrogen-bond acceptors (Lipinski definition) is 8. The number of aliphatic hydroxyl groups excluding tert-OH is 3. The van der Waals surface area contributed by atoms with E-state index in [4.69, 9.17) is 5.73 Å². The minimum atomic E-state index is -1.76. The fourth-order valence-corrected chi connectivity index (χ4v) is 4.06. The average Bonchev–Trinajstić information content (AvgIpc) is 3.04. The van der Waals surface area contributed by atoms with Crippen molar-refractivity contribution in [3.05, 3.63) is 12.7 Å². The van der Waals surface area contributed by atoms with Gasteiger partial charge in [0.25, 0.3) is 0 Å². The molecule has 9 heteroatoms. The topological polar surface area (TPSA) is 151 Å². The Morgan fingerprint density at radius 3 is 2.73 bits per heavy atom. The van der Waals surface area contributed by atoms with Crippen LogP contribution in [-0.4, -0.2) is 64.9 Å². The molecule has 0 bridgehead atoms. The normalized spacial score (nSPS) is 40.1. The minimum absolute atomic E-state index is 0.168. The summed E-state index contributed by atoms with van der Waals surface area (Å²) in [6.07, 6.45) is 2.12. The lowest BCUT2D eigenvalue weighted by molar-refractivity contribution is -0.136. The van der Waals surface area contributed by atoms with E-state index in [1.807, 2.05) is 0 Å². The van der Waals surface area contributed by atoms with Crippen molar-refractivity contribution in [2.45, 2.75) is 24.2 Å². The molecule has 2 heterocycles. The van der Waals surface area contributed by atoms with Crippen LogP contribution in [0, 0.1) is 11.3 Å². The van der Waals surface area contributed by atoms with Gasteiger partial charge in [-0.05, 0) is 12.3 Å². The van der Waals surface area contributed by atoms with Crippen molar-refractivity contribution < 1.29 is 20.4 Å². The van der Waals surface area contributed by atoms with Crippen molar-refractivity contribution >= 4 is 17.0 Å². The summed E-state index contributed by atoms with van der Waals surface area (Å²) in [7, 11) is 0. The van der Waals surface area contributed by atoms with Crippen LogP contribution >= 0.6 is 0 Å². The third-order valence-electron chi connectivity index (χ3n) is 5.32. The van der Waals surface area contributed by atoms with Crippen LogP contribution in [-0.2, 0) is 0 Å². The lowest BCUT2D eigenvalue weighted by Gasteiger charge is -2.35. The van der Waals surface area contributed by atoms with Crippen molar-refractivity contribution in [2.75, 3.05) is 18.9 Å². The van der Waals surface area contributed by atoms with Gasteiger partial charge in [-0.3, -0.25) is 0 Å². The first-order valence-corrected chi connectivity index (χ1v) is 7.05. The molecule has 5 atom stereocenters. The first-order valence-electron chi connectivity index (χ1n) is 7.05. The van der Waals surface area contributed by atoms with Gasteiger partial charge in [-0.1, -0.05) is 0 Å². The van der Waals surface area contributed by atoms with Crippen molar-refractivity contribution in [2.24, 2.45) is 11.3 Å². The fourth-order valence-electron chi connectivity index (χ4n) is 4.06.